The van der Waals surface area contributed by atoms with Gasteiger partial charge < -0.3 is 8.83 Å². The first-order valence-corrected chi connectivity index (χ1v) is 11.5. The van der Waals surface area contributed by atoms with Crippen LogP contribution in [0.4, 0.5) is 26.3 Å². The van der Waals surface area contributed by atoms with E-state index in [1.54, 1.807) is 26.0 Å². The summed E-state index contributed by atoms with van der Waals surface area (Å²) in [5.41, 5.74) is -3.26. The van der Waals surface area contributed by atoms with Crippen LogP contribution in [0.5, 0.6) is 0 Å². The third kappa shape index (κ3) is 3.11. The predicted octanol–water partition coefficient (Wildman–Crippen LogP) is 8.91. The van der Waals surface area contributed by atoms with E-state index in [1.807, 2.05) is 0 Å². The molecule has 2 nitrogen and oxygen atoms in total. The van der Waals surface area contributed by atoms with Gasteiger partial charge in [0.15, 0.2) is 0 Å². The van der Waals surface area contributed by atoms with Crippen molar-refractivity contribution in [2.75, 3.05) is 0 Å². The summed E-state index contributed by atoms with van der Waals surface area (Å²) in [4.78, 5) is 0. The fraction of sp³-hybridized carbons (Fsp3) is 0.333. The molecule has 2 heterocycles. The topological polar surface area (TPSA) is 26.3 Å². The van der Waals surface area contributed by atoms with Crippen LogP contribution in [0.3, 0.4) is 0 Å². The van der Waals surface area contributed by atoms with E-state index < -0.39 is 40.0 Å². The number of hydrogen-bond acceptors (Lipinski definition) is 2. The molecule has 35 heavy (non-hydrogen) atoms. The fourth-order valence-corrected chi connectivity index (χ4v) is 4.94. The van der Waals surface area contributed by atoms with E-state index in [1.165, 1.54) is 36.4 Å². The molecule has 0 saturated heterocycles. The lowest BCUT2D eigenvalue weighted by atomic mass is 9.90. The van der Waals surface area contributed by atoms with Crippen LogP contribution in [-0.2, 0) is 12.8 Å². The van der Waals surface area contributed by atoms with E-state index in [4.69, 9.17) is 8.83 Å². The molecule has 2 aromatic heterocycles. The molecule has 8 heteroatoms. The van der Waals surface area contributed by atoms with Gasteiger partial charge in [0, 0.05) is 45.9 Å². The second kappa shape index (κ2) is 7.93. The van der Waals surface area contributed by atoms with Crippen molar-refractivity contribution in [3.63, 3.8) is 0 Å². The summed E-state index contributed by atoms with van der Waals surface area (Å²) in [7, 11) is 0. The third-order valence-corrected chi connectivity index (χ3v) is 6.46. The number of furan rings is 2. The van der Waals surface area contributed by atoms with Crippen LogP contribution in [0.2, 0.25) is 0 Å². The van der Waals surface area contributed by atoms with Gasteiger partial charge in [-0.3, -0.25) is 0 Å². The second-order valence-corrected chi connectivity index (χ2v) is 8.77. The highest BCUT2D eigenvalue weighted by atomic mass is 19.3. The molecule has 0 radical (unpaired) electrons. The first-order chi connectivity index (χ1) is 16.6. The van der Waals surface area contributed by atoms with Gasteiger partial charge in [0.05, 0.1) is 0 Å². The van der Waals surface area contributed by atoms with Gasteiger partial charge in [-0.15, -0.1) is 0 Å². The molecule has 1 aliphatic carbocycles. The molecule has 0 atom stereocenters. The summed E-state index contributed by atoms with van der Waals surface area (Å²) in [6.07, 6.45) is 1.09. The Morgan fingerprint density at radius 3 is 1.34 bits per heavy atom. The average molecular weight is 492 g/mol. The quantitative estimate of drug-likeness (QED) is 0.251. The van der Waals surface area contributed by atoms with Crippen LogP contribution in [0.1, 0.15) is 49.3 Å². The molecule has 0 aliphatic heterocycles. The Bertz CT molecular complexity index is 1350. The monoisotopic (exact) mass is 492 g/mol. The number of fused-ring (bicyclic) bond motifs is 2. The van der Waals surface area contributed by atoms with E-state index in [2.05, 4.69) is 0 Å². The standard InChI is InChI=1S/C27H22F6O2/c1-3-9-19-21(15-11-5-7-13-17(15)34-19)23-24(26(30,31)27(32,33)25(23,28)29)22-16-12-6-8-14-18(16)35-20(22)10-4-2/h5-8,11-14H,3-4,9-10H2,1-2H3. The number of para-hydroxylation sites is 2. The molecule has 5 rings (SSSR count). The van der Waals surface area contributed by atoms with Gasteiger partial charge in [-0.05, 0) is 25.0 Å². The van der Waals surface area contributed by atoms with Gasteiger partial charge in [0.2, 0.25) is 0 Å². The normalized spacial score (nSPS) is 18.7. The summed E-state index contributed by atoms with van der Waals surface area (Å²) >= 11 is 0. The number of aryl methyl sites for hydroxylation is 2. The highest BCUT2D eigenvalue weighted by molar-refractivity contribution is 6.11. The van der Waals surface area contributed by atoms with E-state index >= 15 is 26.3 Å². The third-order valence-electron chi connectivity index (χ3n) is 6.46. The summed E-state index contributed by atoms with van der Waals surface area (Å²) in [6.45, 7) is 3.51. The second-order valence-electron chi connectivity index (χ2n) is 8.77. The van der Waals surface area contributed by atoms with E-state index in [0.717, 1.165) is 0 Å². The van der Waals surface area contributed by atoms with Crippen molar-refractivity contribution >= 4 is 33.1 Å². The fourth-order valence-electron chi connectivity index (χ4n) is 4.94. The maximum atomic E-state index is 15.6. The van der Waals surface area contributed by atoms with Crippen molar-refractivity contribution in [2.45, 2.75) is 57.3 Å². The molecule has 184 valence electrons. The summed E-state index contributed by atoms with van der Waals surface area (Å²) in [5.74, 6) is -16.0. The minimum Gasteiger partial charge on any atom is -0.460 e. The maximum Gasteiger partial charge on any atom is 0.380 e. The molecule has 0 amide bonds. The Morgan fingerprint density at radius 1 is 0.600 bits per heavy atom. The largest absolute Gasteiger partial charge is 0.460 e. The van der Waals surface area contributed by atoms with Gasteiger partial charge >= 0.3 is 17.8 Å². The van der Waals surface area contributed by atoms with Gasteiger partial charge in [-0.25, -0.2) is 0 Å². The zero-order valence-corrected chi connectivity index (χ0v) is 19.0. The lowest BCUT2D eigenvalue weighted by Gasteiger charge is -2.25. The smallest absolute Gasteiger partial charge is 0.380 e. The molecular weight excluding hydrogens is 470 g/mol. The van der Waals surface area contributed by atoms with Gasteiger partial charge in [-0.2, -0.15) is 26.3 Å². The Morgan fingerprint density at radius 2 is 0.971 bits per heavy atom. The van der Waals surface area contributed by atoms with E-state index in [0.29, 0.717) is 12.8 Å². The summed E-state index contributed by atoms with van der Waals surface area (Å²) < 4.78 is 104. The number of allylic oxidation sites excluding steroid dienone is 2. The van der Waals surface area contributed by atoms with Crippen LogP contribution in [0.25, 0.3) is 33.1 Å². The lowest BCUT2D eigenvalue weighted by Crippen LogP contribution is -2.49. The Balaban J connectivity index is 1.99. The number of halogens is 6. The number of alkyl halides is 6. The van der Waals surface area contributed by atoms with E-state index in [-0.39, 0.29) is 46.3 Å². The van der Waals surface area contributed by atoms with Crippen molar-refractivity contribution < 1.29 is 35.2 Å². The predicted molar refractivity (Wildman–Crippen MR) is 122 cm³/mol. The minimum absolute atomic E-state index is 0.0285. The molecule has 0 bridgehead atoms. The molecule has 0 N–H and O–H groups in total. The highest BCUT2D eigenvalue weighted by Gasteiger charge is 2.81. The maximum absolute atomic E-state index is 15.6. The van der Waals surface area contributed by atoms with Gasteiger partial charge in [0.25, 0.3) is 0 Å². The molecular formula is C27H22F6O2. The SMILES string of the molecule is CCCc1oc2ccccc2c1C1=C(c2c(CCC)oc3ccccc23)C(F)(F)C(F)(F)C1(F)F. The van der Waals surface area contributed by atoms with Crippen molar-refractivity contribution in [1.82, 2.24) is 0 Å². The lowest BCUT2D eigenvalue weighted by molar-refractivity contribution is -0.254. The van der Waals surface area contributed by atoms with Crippen LogP contribution in [0, 0.1) is 0 Å². The molecule has 0 spiro atoms. The number of rotatable bonds is 6. The van der Waals surface area contributed by atoms with Crippen molar-refractivity contribution in [3.8, 4) is 0 Å². The average Bonchev–Trinajstić information content (AvgIpc) is 3.37. The van der Waals surface area contributed by atoms with Gasteiger partial charge in [0.1, 0.15) is 22.7 Å². The Hall–Kier alpha value is -3.16. The van der Waals surface area contributed by atoms with Crippen LogP contribution in [-0.4, -0.2) is 17.8 Å². The first kappa shape index (κ1) is 23.6. The Labute approximate surface area is 197 Å². The molecule has 2 aromatic carbocycles. The molecule has 4 aromatic rings. The van der Waals surface area contributed by atoms with Crippen molar-refractivity contribution in [1.29, 1.82) is 0 Å². The molecule has 0 saturated carbocycles. The minimum atomic E-state index is -5.66. The van der Waals surface area contributed by atoms with Crippen LogP contribution < -0.4 is 0 Å². The van der Waals surface area contributed by atoms with E-state index in [9.17, 15) is 0 Å². The number of benzene rings is 2. The zero-order chi connectivity index (χ0) is 25.2. The van der Waals surface area contributed by atoms with Crippen LogP contribution >= 0.6 is 0 Å². The highest BCUT2D eigenvalue weighted by Crippen LogP contribution is 2.66. The number of hydrogen-bond donors (Lipinski definition) is 0. The Kier molecular flexibility index (Phi) is 5.34. The first-order valence-electron chi connectivity index (χ1n) is 11.5. The van der Waals surface area contributed by atoms with Crippen LogP contribution in [0.15, 0.2) is 57.4 Å². The molecule has 0 unspecified atom stereocenters. The zero-order valence-electron chi connectivity index (χ0n) is 19.0. The van der Waals surface area contributed by atoms with Crippen molar-refractivity contribution in [3.05, 3.63) is 71.2 Å². The summed E-state index contributed by atoms with van der Waals surface area (Å²) in [5, 5.41) is 0.169. The summed E-state index contributed by atoms with van der Waals surface area (Å²) in [6, 6.07) is 12.1. The van der Waals surface area contributed by atoms with Gasteiger partial charge in [-0.1, -0.05) is 50.2 Å². The van der Waals surface area contributed by atoms with Crippen molar-refractivity contribution in [2.24, 2.45) is 0 Å². The molecule has 0 fully saturated rings. The molecule has 1 aliphatic rings.